The van der Waals surface area contributed by atoms with Crippen molar-refractivity contribution in [3.05, 3.63) is 48.2 Å². The molecule has 324 valence electrons. The van der Waals surface area contributed by atoms with Gasteiger partial charge in [0.1, 0.15) is 53.7 Å². The number of aromatic nitrogens is 4. The first-order chi connectivity index (χ1) is 28.5. The van der Waals surface area contributed by atoms with E-state index in [0.717, 1.165) is 19.3 Å². The Balaban J connectivity index is 1.07. The van der Waals surface area contributed by atoms with E-state index in [4.69, 9.17) is 48.8 Å². The summed E-state index contributed by atoms with van der Waals surface area (Å²) in [6, 6.07) is 10.2. The minimum absolute atomic E-state index is 0.00980. The van der Waals surface area contributed by atoms with Crippen molar-refractivity contribution in [1.82, 2.24) is 19.6 Å². The molecule has 0 amide bonds. The highest BCUT2D eigenvalue weighted by atomic mass is 31.2. The molecular formula is C41H60N7O10P. The topological polar surface area (TPSA) is 228 Å². The van der Waals surface area contributed by atoms with Crippen LogP contribution in [-0.4, -0.2) is 74.2 Å². The monoisotopic (exact) mass is 841 g/mol. The van der Waals surface area contributed by atoms with Crippen LogP contribution in [0.3, 0.4) is 0 Å². The van der Waals surface area contributed by atoms with Gasteiger partial charge in [-0.1, -0.05) is 103 Å². The average Bonchev–Trinajstić information content (AvgIpc) is 3.89. The number of phosphoric ester groups is 1. The van der Waals surface area contributed by atoms with E-state index >= 15 is 0 Å². The number of nitrogens with zero attached hydrogens (tertiary/aromatic N) is 6. The van der Waals surface area contributed by atoms with Crippen molar-refractivity contribution in [2.45, 2.75) is 159 Å². The molecule has 0 saturated carbocycles. The maximum atomic E-state index is 13.2. The van der Waals surface area contributed by atoms with Gasteiger partial charge in [-0.15, -0.1) is 4.67 Å². The Hall–Kier alpha value is -3.74. The van der Waals surface area contributed by atoms with Crippen LogP contribution < -0.4 is 10.5 Å². The summed E-state index contributed by atoms with van der Waals surface area (Å²) in [7, 11) is -5.03. The van der Waals surface area contributed by atoms with Crippen LogP contribution in [0.1, 0.15) is 141 Å². The van der Waals surface area contributed by atoms with Crippen LogP contribution in [0, 0.1) is 22.7 Å². The van der Waals surface area contributed by atoms with Crippen LogP contribution >= 0.6 is 7.82 Å². The first kappa shape index (κ1) is 46.3. The molecule has 3 aromatic heterocycles. The lowest BCUT2D eigenvalue weighted by Crippen LogP contribution is -2.44. The number of nitrogens with two attached hydrogens (primary N) is 1. The number of hydrogen-bond acceptors (Lipinski definition) is 15. The number of ether oxygens (including phenoxy) is 5. The first-order valence-corrected chi connectivity index (χ1v) is 22.5. The molecule has 0 spiro atoms. The standard InChI is InChI=1S/C41H60N7O10P/c1-4-5-6-7-8-9-10-11-12-13-14-15-16-17-18-19-24-51-27-33(53-32-21-20-31(25-42)45-26-32)28-52-59(49,50)58-57-41(29-43)38-37(54-40(2,3)56-38)36(55-41)34-22-23-35-39(44)46-30-47-48(34)35/h20-23,26,30,33,36-38H,4-19,24,27-28H2,1-3H3,(H,49,50)(H2,44,46,47)/t33-,36+,37+,38+,41-/m1/s1. The minimum atomic E-state index is -5.03. The summed E-state index contributed by atoms with van der Waals surface area (Å²) in [6.45, 7) is 5.54. The lowest BCUT2D eigenvalue weighted by atomic mass is 10.0. The van der Waals surface area contributed by atoms with Gasteiger partial charge in [-0.25, -0.2) is 19.0 Å². The minimum Gasteiger partial charge on any atom is -0.484 e. The van der Waals surface area contributed by atoms with Gasteiger partial charge in [0, 0.05) is 6.61 Å². The van der Waals surface area contributed by atoms with Crippen molar-refractivity contribution in [2.75, 3.05) is 25.6 Å². The number of nitrogen functional groups attached to an aromatic ring is 1. The molecule has 2 saturated heterocycles. The lowest BCUT2D eigenvalue weighted by molar-refractivity contribution is -0.384. The van der Waals surface area contributed by atoms with Crippen molar-refractivity contribution in [2.24, 2.45) is 0 Å². The molecule has 18 heteroatoms. The second kappa shape index (κ2) is 22.7. The van der Waals surface area contributed by atoms with E-state index in [0.29, 0.717) is 23.6 Å². The molecule has 3 aromatic rings. The van der Waals surface area contributed by atoms with E-state index in [1.165, 1.54) is 107 Å². The highest BCUT2D eigenvalue weighted by Crippen LogP contribution is 2.53. The van der Waals surface area contributed by atoms with E-state index < -0.39 is 50.4 Å². The SMILES string of the molecule is CCCCCCCCCCCCCCCCCCOC[C@H](COP(=O)(O)OO[C@@]1(C#N)O[C@@H](c2ccc3c(N)ncnn23)[C@@H]2OC(C)(C)O[C@@H]21)Oc1ccc(C#N)nc1. The Morgan fingerprint density at radius 2 is 1.56 bits per heavy atom. The Bertz CT molecular complexity index is 1870. The summed E-state index contributed by atoms with van der Waals surface area (Å²) in [5.74, 6) is -3.04. The quantitative estimate of drug-likeness (QED) is 0.0304. The lowest BCUT2D eigenvalue weighted by Gasteiger charge is -2.28. The van der Waals surface area contributed by atoms with Gasteiger partial charge in [0.05, 0.1) is 25.1 Å². The van der Waals surface area contributed by atoms with Crippen LogP contribution in [0.5, 0.6) is 5.75 Å². The maximum absolute atomic E-state index is 13.2. The van der Waals surface area contributed by atoms with Crippen LogP contribution in [0.4, 0.5) is 5.82 Å². The van der Waals surface area contributed by atoms with Crippen LogP contribution in [0.15, 0.2) is 36.8 Å². The Morgan fingerprint density at radius 3 is 2.17 bits per heavy atom. The number of fused-ring (bicyclic) bond motifs is 2. The third-order valence-corrected chi connectivity index (χ3v) is 11.1. The smallest absolute Gasteiger partial charge is 0.484 e. The summed E-state index contributed by atoms with van der Waals surface area (Å²) in [4.78, 5) is 24.1. The molecule has 1 unspecified atom stereocenters. The number of rotatable bonds is 28. The molecule has 0 radical (unpaired) electrons. The molecule has 17 nitrogen and oxygen atoms in total. The van der Waals surface area contributed by atoms with Gasteiger partial charge in [0.25, 0.3) is 0 Å². The van der Waals surface area contributed by atoms with Crippen LogP contribution in [0.25, 0.3) is 5.52 Å². The zero-order valence-electron chi connectivity index (χ0n) is 34.5. The predicted molar refractivity (Wildman–Crippen MR) is 215 cm³/mol. The molecule has 3 N–H and O–H groups in total. The number of unbranched alkanes of at least 4 members (excludes halogenated alkanes) is 15. The summed E-state index contributed by atoms with van der Waals surface area (Å²) < 4.78 is 54.9. The van der Waals surface area contributed by atoms with Crippen molar-refractivity contribution < 1.29 is 47.2 Å². The number of phosphoric acid groups is 1. The summed E-state index contributed by atoms with van der Waals surface area (Å²) in [5.41, 5.74) is 7.14. The third kappa shape index (κ3) is 13.6. The number of anilines is 1. The molecule has 0 aromatic carbocycles. The van der Waals surface area contributed by atoms with E-state index in [-0.39, 0.29) is 18.1 Å². The molecular weight excluding hydrogens is 781 g/mol. The van der Waals surface area contributed by atoms with Gasteiger partial charge in [-0.05, 0) is 44.5 Å². The van der Waals surface area contributed by atoms with E-state index in [2.05, 4.69) is 22.0 Å². The number of pyridine rings is 1. The fourth-order valence-electron chi connectivity index (χ4n) is 7.31. The second-order valence-electron chi connectivity index (χ2n) is 15.6. The van der Waals surface area contributed by atoms with Crippen molar-refractivity contribution in [3.63, 3.8) is 0 Å². The zero-order chi connectivity index (χ0) is 42.1. The van der Waals surface area contributed by atoms with Gasteiger partial charge in [0.15, 0.2) is 17.7 Å². The molecule has 5 rings (SSSR count). The Morgan fingerprint density at radius 1 is 0.898 bits per heavy atom. The molecule has 59 heavy (non-hydrogen) atoms. The van der Waals surface area contributed by atoms with Gasteiger partial charge < -0.3 is 34.3 Å². The van der Waals surface area contributed by atoms with Crippen LogP contribution in [0.2, 0.25) is 0 Å². The van der Waals surface area contributed by atoms with Gasteiger partial charge >= 0.3 is 13.6 Å². The number of hydrogen-bond donors (Lipinski definition) is 2. The molecule has 6 atom stereocenters. The second-order valence-corrected chi connectivity index (χ2v) is 16.9. The van der Waals surface area contributed by atoms with E-state index in [9.17, 15) is 14.7 Å². The van der Waals surface area contributed by atoms with E-state index in [1.54, 1.807) is 32.0 Å². The molecule has 2 aliphatic rings. The van der Waals surface area contributed by atoms with Gasteiger partial charge in [-0.2, -0.15) is 20.5 Å². The summed E-state index contributed by atoms with van der Waals surface area (Å²) in [6.07, 6.45) is 18.8. The van der Waals surface area contributed by atoms with Crippen molar-refractivity contribution in [3.8, 4) is 17.9 Å². The van der Waals surface area contributed by atoms with E-state index in [1.807, 2.05) is 12.1 Å². The maximum Gasteiger partial charge on any atom is 0.499 e. The average molecular weight is 842 g/mol. The largest absolute Gasteiger partial charge is 0.499 e. The fourth-order valence-corrected chi connectivity index (χ4v) is 7.92. The first-order valence-electron chi connectivity index (χ1n) is 21.0. The van der Waals surface area contributed by atoms with Crippen molar-refractivity contribution in [1.29, 1.82) is 10.5 Å². The Labute approximate surface area is 346 Å². The third-order valence-electron chi connectivity index (χ3n) is 10.3. The highest BCUT2D eigenvalue weighted by Gasteiger charge is 2.67. The Kier molecular flexibility index (Phi) is 17.9. The highest BCUT2D eigenvalue weighted by molar-refractivity contribution is 7.47. The predicted octanol–water partition coefficient (Wildman–Crippen LogP) is 8.18. The summed E-state index contributed by atoms with van der Waals surface area (Å²) >= 11 is 0. The molecule has 0 aliphatic carbocycles. The van der Waals surface area contributed by atoms with Gasteiger partial charge in [0.2, 0.25) is 0 Å². The molecule has 2 aliphatic heterocycles. The van der Waals surface area contributed by atoms with Gasteiger partial charge in [-0.3, -0.25) is 4.52 Å². The fraction of sp³-hybridized carbons (Fsp3) is 0.683. The normalized spacial score (nSPS) is 22.4. The molecule has 0 bridgehead atoms. The van der Waals surface area contributed by atoms with Crippen molar-refractivity contribution >= 4 is 19.2 Å². The molecule has 5 heterocycles. The zero-order valence-corrected chi connectivity index (χ0v) is 35.4. The summed E-state index contributed by atoms with van der Waals surface area (Å²) in [5, 5.41) is 23.7. The molecule has 2 fully saturated rings. The van der Waals surface area contributed by atoms with Crippen LogP contribution in [-0.2, 0) is 37.6 Å². The number of nitriles is 2.